The molecule has 0 atom stereocenters. The van der Waals surface area contributed by atoms with Gasteiger partial charge in [0.25, 0.3) is 0 Å². The van der Waals surface area contributed by atoms with Gasteiger partial charge in [0.15, 0.2) is 5.58 Å². The number of fused-ring (bicyclic) bond motifs is 5. The first-order valence-electron chi connectivity index (χ1n) is 20.4. The molecule has 0 unspecified atom stereocenters. The average Bonchev–Trinajstić information content (AvgIpc) is 3.78. The van der Waals surface area contributed by atoms with Crippen LogP contribution in [0, 0.1) is 0 Å². The molecule has 0 saturated carbocycles. The van der Waals surface area contributed by atoms with Gasteiger partial charge in [-0.3, -0.25) is 0 Å². The number of rotatable bonds is 8. The number of anilines is 3. The summed E-state index contributed by atoms with van der Waals surface area (Å²) in [6.45, 7) is 0. The molecular weight excluding hydrogens is 729 g/mol. The van der Waals surface area contributed by atoms with Crippen molar-refractivity contribution >= 4 is 49.7 Å². The van der Waals surface area contributed by atoms with Crippen molar-refractivity contribution in [2.24, 2.45) is 0 Å². The molecule has 60 heavy (non-hydrogen) atoms. The Balaban J connectivity index is 1.16. The van der Waals surface area contributed by atoms with Gasteiger partial charge in [-0.25, -0.2) is 4.98 Å². The predicted molar refractivity (Wildman–Crippen MR) is 251 cm³/mol. The minimum absolute atomic E-state index is 0.616. The summed E-state index contributed by atoms with van der Waals surface area (Å²) in [5.74, 6) is 0.616. The molecule has 0 amide bonds. The Kier molecular flexibility index (Phi) is 8.83. The number of nitrogens with zero attached hydrogens (tertiary/aromatic N) is 2. The summed E-state index contributed by atoms with van der Waals surface area (Å²) in [5, 5.41) is 4.40. The Morgan fingerprint density at radius 3 is 1.55 bits per heavy atom. The topological polar surface area (TPSA) is 29.3 Å². The van der Waals surface area contributed by atoms with Gasteiger partial charge in [0.2, 0.25) is 5.89 Å². The molecule has 0 bridgehead atoms. The number of benzene rings is 10. The molecule has 3 heteroatoms. The number of aromatic nitrogens is 1. The smallest absolute Gasteiger partial charge is 0.227 e. The van der Waals surface area contributed by atoms with E-state index in [0.717, 1.165) is 83.1 Å². The molecule has 0 spiro atoms. The van der Waals surface area contributed by atoms with Crippen LogP contribution in [0.4, 0.5) is 17.1 Å². The van der Waals surface area contributed by atoms with Gasteiger partial charge >= 0.3 is 0 Å². The number of para-hydroxylation sites is 1. The summed E-state index contributed by atoms with van der Waals surface area (Å²) in [4.78, 5) is 7.40. The SMILES string of the molecule is c1ccc(-c2nc3ccc4c(-c5ccccc5)cc5cc(N(c6cccc(-c7ccccc7-c7ccccc7)c6)c6ccccc6-c6ccccc6)ccc5c4c3o2)cc1. The lowest BCUT2D eigenvalue weighted by Crippen LogP contribution is -2.11. The molecule has 0 N–H and O–H groups in total. The van der Waals surface area contributed by atoms with Gasteiger partial charge < -0.3 is 9.32 Å². The van der Waals surface area contributed by atoms with Crippen molar-refractivity contribution in [1.82, 2.24) is 4.98 Å². The molecule has 1 aromatic heterocycles. The summed E-state index contributed by atoms with van der Waals surface area (Å²) in [5.41, 5.74) is 15.1. The maximum absolute atomic E-state index is 6.72. The summed E-state index contributed by atoms with van der Waals surface area (Å²) in [7, 11) is 0. The van der Waals surface area contributed by atoms with Crippen molar-refractivity contribution < 1.29 is 4.42 Å². The van der Waals surface area contributed by atoms with Crippen LogP contribution in [-0.2, 0) is 0 Å². The largest absolute Gasteiger partial charge is 0.435 e. The van der Waals surface area contributed by atoms with Gasteiger partial charge in [-0.05, 0) is 110 Å². The zero-order valence-corrected chi connectivity index (χ0v) is 32.7. The highest BCUT2D eigenvalue weighted by molar-refractivity contribution is 6.22. The number of hydrogen-bond donors (Lipinski definition) is 0. The van der Waals surface area contributed by atoms with E-state index in [1.165, 1.54) is 16.7 Å². The van der Waals surface area contributed by atoms with Crippen LogP contribution in [-0.4, -0.2) is 4.98 Å². The zero-order valence-electron chi connectivity index (χ0n) is 32.7. The minimum atomic E-state index is 0.616. The van der Waals surface area contributed by atoms with Crippen molar-refractivity contribution in [3.05, 3.63) is 231 Å². The van der Waals surface area contributed by atoms with E-state index in [4.69, 9.17) is 9.40 Å². The van der Waals surface area contributed by atoms with E-state index in [2.05, 4.69) is 205 Å². The second-order valence-corrected chi connectivity index (χ2v) is 15.1. The second kappa shape index (κ2) is 15.1. The van der Waals surface area contributed by atoms with Crippen molar-refractivity contribution in [2.75, 3.05) is 4.90 Å². The van der Waals surface area contributed by atoms with Gasteiger partial charge in [-0.2, -0.15) is 0 Å². The molecule has 0 aliphatic rings. The van der Waals surface area contributed by atoms with Crippen LogP contribution in [0.1, 0.15) is 0 Å². The summed E-state index contributed by atoms with van der Waals surface area (Å²) < 4.78 is 6.72. The molecule has 282 valence electrons. The molecule has 1 heterocycles. The lowest BCUT2D eigenvalue weighted by molar-refractivity contribution is 0.623. The van der Waals surface area contributed by atoms with Crippen LogP contribution >= 0.6 is 0 Å². The Bertz CT molecular complexity index is 3300. The maximum atomic E-state index is 6.72. The van der Waals surface area contributed by atoms with Crippen LogP contribution in [0.2, 0.25) is 0 Å². The third-order valence-corrected chi connectivity index (χ3v) is 11.5. The highest BCUT2D eigenvalue weighted by Crippen LogP contribution is 2.46. The lowest BCUT2D eigenvalue weighted by Gasteiger charge is -2.29. The van der Waals surface area contributed by atoms with Crippen molar-refractivity contribution in [1.29, 1.82) is 0 Å². The molecule has 0 fully saturated rings. The highest BCUT2D eigenvalue weighted by atomic mass is 16.3. The van der Waals surface area contributed by atoms with Gasteiger partial charge in [0.1, 0.15) is 5.52 Å². The average molecular weight is 767 g/mol. The first-order chi connectivity index (χ1) is 29.8. The van der Waals surface area contributed by atoms with E-state index >= 15 is 0 Å². The quantitative estimate of drug-likeness (QED) is 0.144. The maximum Gasteiger partial charge on any atom is 0.227 e. The Hall–Kier alpha value is -8.01. The summed E-state index contributed by atoms with van der Waals surface area (Å²) in [6, 6.07) is 81.9. The monoisotopic (exact) mass is 766 g/mol. The molecule has 0 radical (unpaired) electrons. The third kappa shape index (κ3) is 6.30. The van der Waals surface area contributed by atoms with Crippen LogP contribution in [0.15, 0.2) is 235 Å². The van der Waals surface area contributed by atoms with E-state index in [-0.39, 0.29) is 0 Å². The van der Waals surface area contributed by atoms with E-state index < -0.39 is 0 Å². The van der Waals surface area contributed by atoms with Crippen LogP contribution in [0.25, 0.3) is 88.6 Å². The summed E-state index contributed by atoms with van der Waals surface area (Å²) >= 11 is 0. The second-order valence-electron chi connectivity index (χ2n) is 15.1. The van der Waals surface area contributed by atoms with E-state index in [9.17, 15) is 0 Å². The zero-order chi connectivity index (χ0) is 39.8. The van der Waals surface area contributed by atoms with Gasteiger partial charge in [-0.1, -0.05) is 176 Å². The number of oxazole rings is 1. The van der Waals surface area contributed by atoms with Crippen molar-refractivity contribution in [2.45, 2.75) is 0 Å². The molecule has 0 aliphatic carbocycles. The summed E-state index contributed by atoms with van der Waals surface area (Å²) in [6.07, 6.45) is 0. The van der Waals surface area contributed by atoms with Gasteiger partial charge in [-0.15, -0.1) is 0 Å². The molecule has 11 aromatic rings. The molecule has 3 nitrogen and oxygen atoms in total. The third-order valence-electron chi connectivity index (χ3n) is 11.5. The highest BCUT2D eigenvalue weighted by Gasteiger charge is 2.21. The van der Waals surface area contributed by atoms with E-state index in [0.29, 0.717) is 5.89 Å². The molecule has 0 aliphatic heterocycles. The fourth-order valence-corrected chi connectivity index (χ4v) is 8.69. The fraction of sp³-hybridized carbons (Fsp3) is 0. The normalized spacial score (nSPS) is 11.3. The van der Waals surface area contributed by atoms with Crippen molar-refractivity contribution in [3.8, 4) is 56.0 Å². The van der Waals surface area contributed by atoms with Crippen LogP contribution < -0.4 is 4.90 Å². The molecule has 10 aromatic carbocycles. The molecular formula is C57H38N2O. The first kappa shape index (κ1) is 35.2. The van der Waals surface area contributed by atoms with Crippen molar-refractivity contribution in [3.63, 3.8) is 0 Å². The van der Waals surface area contributed by atoms with E-state index in [1.807, 2.05) is 30.3 Å². The Morgan fingerprint density at radius 1 is 0.350 bits per heavy atom. The Labute approximate surface area is 349 Å². The van der Waals surface area contributed by atoms with Gasteiger partial charge in [0.05, 0.1) is 5.69 Å². The molecule has 11 rings (SSSR count). The Morgan fingerprint density at radius 2 is 0.867 bits per heavy atom. The fourth-order valence-electron chi connectivity index (χ4n) is 8.69. The van der Waals surface area contributed by atoms with Crippen LogP contribution in [0.5, 0.6) is 0 Å². The number of hydrogen-bond acceptors (Lipinski definition) is 3. The minimum Gasteiger partial charge on any atom is -0.435 e. The van der Waals surface area contributed by atoms with Gasteiger partial charge in [0, 0.05) is 27.9 Å². The lowest BCUT2D eigenvalue weighted by atomic mass is 9.92. The standard InChI is InChI=1S/C57H38N2O/c1-5-18-39(19-6-1)47-28-13-14-29-48(47)43-26-17-27-45(36-43)59(54-31-16-15-30-49(54)40-20-7-2-8-21-40)46-32-33-50-44(37-46)38-52(41-22-9-3-10-23-41)51-34-35-53-56(55(50)51)60-57(58-53)42-24-11-4-12-25-42/h1-38H. The first-order valence-corrected chi connectivity index (χ1v) is 20.4. The predicted octanol–water partition coefficient (Wildman–Crippen LogP) is 15.9. The van der Waals surface area contributed by atoms with E-state index in [1.54, 1.807) is 0 Å². The van der Waals surface area contributed by atoms with Crippen LogP contribution in [0.3, 0.4) is 0 Å². The molecule has 0 saturated heterocycles.